The summed E-state index contributed by atoms with van der Waals surface area (Å²) in [5.41, 5.74) is 3.99. The highest BCUT2D eigenvalue weighted by atomic mass is 16.2. The summed E-state index contributed by atoms with van der Waals surface area (Å²) >= 11 is 0. The fourth-order valence-electron chi connectivity index (χ4n) is 3.78. The Balaban J connectivity index is 1.78. The number of carbonyl (C=O) groups excluding carboxylic acids is 1. The van der Waals surface area contributed by atoms with Gasteiger partial charge in [-0.05, 0) is 58.4 Å². The number of amides is 1. The van der Waals surface area contributed by atoms with E-state index in [4.69, 9.17) is 0 Å². The third-order valence-corrected chi connectivity index (χ3v) is 5.62. The molecule has 7 heteroatoms. The fourth-order valence-corrected chi connectivity index (χ4v) is 3.78. The summed E-state index contributed by atoms with van der Waals surface area (Å²) in [5, 5.41) is 4.55. The first kappa shape index (κ1) is 19.3. The predicted octanol–water partition coefficient (Wildman–Crippen LogP) is 2.38. The maximum atomic E-state index is 12.6. The van der Waals surface area contributed by atoms with E-state index in [2.05, 4.69) is 22.0 Å². The van der Waals surface area contributed by atoms with Crippen molar-refractivity contribution >= 4 is 5.91 Å². The van der Waals surface area contributed by atoms with Crippen LogP contribution in [-0.4, -0.2) is 43.6 Å². The highest BCUT2D eigenvalue weighted by Gasteiger charge is 2.22. The first-order valence-corrected chi connectivity index (χ1v) is 9.68. The lowest BCUT2D eigenvalue weighted by atomic mass is 9.99. The third kappa shape index (κ3) is 3.96. The number of likely N-dealkylation sites (tertiary alicyclic amines) is 1. The third-order valence-electron chi connectivity index (χ3n) is 5.62. The molecule has 0 radical (unpaired) electrons. The van der Waals surface area contributed by atoms with Crippen molar-refractivity contribution in [1.82, 2.24) is 24.6 Å². The molecule has 1 atom stereocenters. The number of aromatic amines is 1. The van der Waals surface area contributed by atoms with Crippen LogP contribution in [0.1, 0.15) is 54.4 Å². The molecule has 0 spiro atoms. The molecular weight excluding hydrogens is 342 g/mol. The number of hydrogen-bond acceptors (Lipinski definition) is 4. The van der Waals surface area contributed by atoms with Crippen molar-refractivity contribution < 1.29 is 4.79 Å². The monoisotopic (exact) mass is 371 g/mol. The maximum absolute atomic E-state index is 12.6. The number of piperidine rings is 1. The zero-order valence-electron chi connectivity index (χ0n) is 16.9. The minimum absolute atomic E-state index is 0.152. The van der Waals surface area contributed by atoms with Gasteiger partial charge in [-0.25, -0.2) is 9.67 Å². The number of nitrogens with one attached hydrogen (secondary N) is 1. The largest absolute Gasteiger partial charge is 0.342 e. The molecule has 1 aliphatic heterocycles. The van der Waals surface area contributed by atoms with E-state index in [1.807, 2.05) is 25.7 Å². The molecule has 3 rings (SSSR count). The normalized spacial score (nSPS) is 17.4. The van der Waals surface area contributed by atoms with Crippen molar-refractivity contribution in [3.63, 3.8) is 0 Å². The van der Waals surface area contributed by atoms with Crippen LogP contribution < -0.4 is 5.56 Å². The van der Waals surface area contributed by atoms with Crippen LogP contribution in [0.2, 0.25) is 0 Å². The molecule has 2 aromatic rings. The number of nitrogens with zero attached hydrogens (tertiary/aromatic N) is 4. The molecule has 146 valence electrons. The Morgan fingerprint density at radius 1 is 1.22 bits per heavy atom. The van der Waals surface area contributed by atoms with Crippen LogP contribution in [0.5, 0.6) is 0 Å². The molecule has 1 amide bonds. The molecule has 1 fully saturated rings. The van der Waals surface area contributed by atoms with Gasteiger partial charge in [-0.1, -0.05) is 6.92 Å². The molecule has 0 aliphatic carbocycles. The number of H-pyrrole nitrogens is 1. The maximum Gasteiger partial charge on any atom is 0.255 e. The van der Waals surface area contributed by atoms with Crippen molar-refractivity contribution in [2.45, 2.75) is 60.3 Å². The highest BCUT2D eigenvalue weighted by Crippen LogP contribution is 2.20. The second-order valence-electron chi connectivity index (χ2n) is 7.75. The lowest BCUT2D eigenvalue weighted by Crippen LogP contribution is -2.39. The van der Waals surface area contributed by atoms with Crippen LogP contribution in [0.15, 0.2) is 4.79 Å². The van der Waals surface area contributed by atoms with Crippen LogP contribution in [0.3, 0.4) is 0 Å². The van der Waals surface area contributed by atoms with E-state index >= 15 is 0 Å². The predicted molar refractivity (Wildman–Crippen MR) is 104 cm³/mol. The van der Waals surface area contributed by atoms with E-state index in [0.717, 1.165) is 36.5 Å². The zero-order valence-corrected chi connectivity index (χ0v) is 16.9. The smallest absolute Gasteiger partial charge is 0.255 e. The Bertz CT molecular complexity index is 912. The average Bonchev–Trinajstić information content (AvgIpc) is 2.91. The van der Waals surface area contributed by atoms with Gasteiger partial charge < -0.3 is 4.90 Å². The standard InChI is InChI=1S/C20H29N5O2/c1-12-7-6-10-24(11-12)18(26)9-8-17-15(4)23-25(16(17)5)20-21-14(3)13(2)19(27)22-20/h12H,6-11H2,1-5H3,(H,21,22,27). The van der Waals surface area contributed by atoms with E-state index in [0.29, 0.717) is 36.0 Å². The second-order valence-corrected chi connectivity index (χ2v) is 7.75. The van der Waals surface area contributed by atoms with Crippen LogP contribution in [0.25, 0.3) is 5.95 Å². The Labute approximate surface area is 159 Å². The van der Waals surface area contributed by atoms with Gasteiger partial charge >= 0.3 is 0 Å². The van der Waals surface area contributed by atoms with E-state index in [1.54, 1.807) is 11.6 Å². The minimum Gasteiger partial charge on any atom is -0.342 e. The highest BCUT2D eigenvalue weighted by molar-refractivity contribution is 5.76. The summed E-state index contributed by atoms with van der Waals surface area (Å²) in [6.45, 7) is 11.4. The number of aromatic nitrogens is 4. The Hall–Kier alpha value is -2.44. The van der Waals surface area contributed by atoms with Crippen LogP contribution in [0.4, 0.5) is 0 Å². The lowest BCUT2D eigenvalue weighted by molar-refractivity contribution is -0.132. The topological polar surface area (TPSA) is 83.9 Å². The summed E-state index contributed by atoms with van der Waals surface area (Å²) in [5.74, 6) is 1.22. The van der Waals surface area contributed by atoms with Crippen molar-refractivity contribution in [2.24, 2.45) is 5.92 Å². The Kier molecular flexibility index (Phi) is 5.48. The van der Waals surface area contributed by atoms with Crippen molar-refractivity contribution in [3.8, 4) is 5.95 Å². The Morgan fingerprint density at radius 2 is 1.96 bits per heavy atom. The molecule has 2 aromatic heterocycles. The lowest BCUT2D eigenvalue weighted by Gasteiger charge is -2.31. The van der Waals surface area contributed by atoms with Gasteiger partial charge in [0.05, 0.1) is 5.69 Å². The van der Waals surface area contributed by atoms with Gasteiger partial charge in [0.25, 0.3) is 5.56 Å². The van der Waals surface area contributed by atoms with Gasteiger partial charge in [-0.15, -0.1) is 0 Å². The van der Waals surface area contributed by atoms with Crippen LogP contribution in [0, 0.1) is 33.6 Å². The van der Waals surface area contributed by atoms with Gasteiger partial charge in [0.1, 0.15) is 0 Å². The fraction of sp³-hybridized carbons (Fsp3) is 0.600. The quantitative estimate of drug-likeness (QED) is 0.894. The summed E-state index contributed by atoms with van der Waals surface area (Å²) in [7, 11) is 0. The number of hydrogen-bond donors (Lipinski definition) is 1. The van der Waals surface area contributed by atoms with Gasteiger partial charge in [0.15, 0.2) is 0 Å². The molecule has 0 saturated carbocycles. The van der Waals surface area contributed by atoms with Crippen LogP contribution in [-0.2, 0) is 11.2 Å². The van der Waals surface area contributed by atoms with E-state index < -0.39 is 0 Å². The van der Waals surface area contributed by atoms with E-state index in [9.17, 15) is 9.59 Å². The van der Waals surface area contributed by atoms with Crippen molar-refractivity contribution in [1.29, 1.82) is 0 Å². The number of aryl methyl sites for hydroxylation is 2. The zero-order chi connectivity index (χ0) is 19.7. The van der Waals surface area contributed by atoms with Gasteiger partial charge in [0.2, 0.25) is 11.9 Å². The summed E-state index contributed by atoms with van der Waals surface area (Å²) < 4.78 is 1.67. The van der Waals surface area contributed by atoms with Crippen LogP contribution >= 0.6 is 0 Å². The molecule has 0 bridgehead atoms. The van der Waals surface area contributed by atoms with E-state index in [-0.39, 0.29) is 11.5 Å². The van der Waals surface area contributed by atoms with Gasteiger partial charge in [0, 0.05) is 36.5 Å². The molecule has 1 saturated heterocycles. The number of rotatable bonds is 4. The summed E-state index contributed by atoms with van der Waals surface area (Å²) in [6.07, 6.45) is 3.43. The average molecular weight is 371 g/mol. The van der Waals surface area contributed by atoms with E-state index in [1.165, 1.54) is 6.42 Å². The molecule has 1 unspecified atom stereocenters. The molecular formula is C20H29N5O2. The van der Waals surface area contributed by atoms with Gasteiger partial charge in [-0.2, -0.15) is 5.10 Å². The van der Waals surface area contributed by atoms with Crippen molar-refractivity contribution in [3.05, 3.63) is 38.6 Å². The molecule has 27 heavy (non-hydrogen) atoms. The van der Waals surface area contributed by atoms with Gasteiger partial charge in [-0.3, -0.25) is 14.6 Å². The molecule has 1 N–H and O–H groups in total. The molecule has 7 nitrogen and oxygen atoms in total. The second kappa shape index (κ2) is 7.66. The summed E-state index contributed by atoms with van der Waals surface area (Å²) in [4.78, 5) is 33.9. The number of carbonyl (C=O) groups is 1. The van der Waals surface area contributed by atoms with Crippen molar-refractivity contribution in [2.75, 3.05) is 13.1 Å². The SMILES string of the molecule is Cc1nn(-c2nc(C)c(C)c(=O)[nH]2)c(C)c1CCC(=O)N1CCCC(C)C1. The molecule has 1 aliphatic rings. The summed E-state index contributed by atoms with van der Waals surface area (Å²) in [6, 6.07) is 0. The first-order chi connectivity index (χ1) is 12.8. The molecule has 3 heterocycles. The Morgan fingerprint density at radius 3 is 2.63 bits per heavy atom. The molecule has 0 aromatic carbocycles. The minimum atomic E-state index is -0.152. The first-order valence-electron chi connectivity index (χ1n) is 9.68.